The summed E-state index contributed by atoms with van der Waals surface area (Å²) in [6, 6.07) is 95.5. The average molecular weight is 883 g/mol. The van der Waals surface area contributed by atoms with Gasteiger partial charge >= 0.3 is 0 Å². The van der Waals surface area contributed by atoms with Gasteiger partial charge in [0.05, 0.1) is 0 Å². The summed E-state index contributed by atoms with van der Waals surface area (Å²) < 4.78 is 0. The molecular formula is C70H42. The van der Waals surface area contributed by atoms with Crippen molar-refractivity contribution in [3.05, 3.63) is 255 Å². The summed E-state index contributed by atoms with van der Waals surface area (Å²) >= 11 is 0. The van der Waals surface area contributed by atoms with E-state index in [2.05, 4.69) is 255 Å². The van der Waals surface area contributed by atoms with E-state index >= 15 is 0 Å². The highest BCUT2D eigenvalue weighted by atomic mass is 14.2. The van der Waals surface area contributed by atoms with Gasteiger partial charge in [-0.3, -0.25) is 0 Å². The Hall–Kier alpha value is -9.10. The number of hydrogen-bond donors (Lipinski definition) is 0. The fourth-order valence-corrected chi connectivity index (χ4v) is 12.2. The van der Waals surface area contributed by atoms with E-state index < -0.39 is 0 Å². The van der Waals surface area contributed by atoms with Crippen molar-refractivity contribution in [2.24, 2.45) is 0 Å². The zero-order valence-electron chi connectivity index (χ0n) is 38.2. The van der Waals surface area contributed by atoms with Crippen LogP contribution < -0.4 is 0 Å². The van der Waals surface area contributed by atoms with Crippen LogP contribution in [0.4, 0.5) is 0 Å². The van der Waals surface area contributed by atoms with Gasteiger partial charge in [0.2, 0.25) is 0 Å². The molecule has 15 rings (SSSR count). The molecule has 0 saturated heterocycles. The molecule has 0 nitrogen and oxygen atoms in total. The lowest BCUT2D eigenvalue weighted by Crippen LogP contribution is -1.94. The van der Waals surface area contributed by atoms with Crippen molar-refractivity contribution in [2.45, 2.75) is 0 Å². The van der Waals surface area contributed by atoms with E-state index in [0.717, 1.165) is 0 Å². The SMILES string of the molecule is c1ccc2cc(-c3c4ccccc4c(-c4ccc5ccccc5c4)c4cc(-c5c6ccccc6c(-c6ccc(-c7ccc8ccc9cccc%10ccc7c8c9%10)cc6)c6ccccc56)ccc34)ccc2c1. The molecule has 0 aliphatic heterocycles. The number of hydrogen-bond acceptors (Lipinski definition) is 0. The van der Waals surface area contributed by atoms with Crippen LogP contribution in [-0.2, 0) is 0 Å². The van der Waals surface area contributed by atoms with Crippen LogP contribution in [-0.4, -0.2) is 0 Å². The predicted octanol–water partition coefficient (Wildman–Crippen LogP) is 19.8. The van der Waals surface area contributed by atoms with Gasteiger partial charge in [0.1, 0.15) is 0 Å². The molecule has 0 unspecified atom stereocenters. The third-order valence-electron chi connectivity index (χ3n) is 15.3. The van der Waals surface area contributed by atoms with E-state index in [4.69, 9.17) is 0 Å². The van der Waals surface area contributed by atoms with Crippen molar-refractivity contribution >= 4 is 97.0 Å². The zero-order chi connectivity index (χ0) is 45.9. The Morgan fingerprint density at radius 1 is 0.157 bits per heavy atom. The van der Waals surface area contributed by atoms with E-state index in [-0.39, 0.29) is 0 Å². The molecule has 15 aromatic rings. The molecule has 0 heterocycles. The lowest BCUT2D eigenvalue weighted by atomic mass is 9.82. The van der Waals surface area contributed by atoms with Gasteiger partial charge in [0.15, 0.2) is 0 Å². The minimum absolute atomic E-state index is 1.21. The highest BCUT2D eigenvalue weighted by Gasteiger charge is 2.22. The summed E-state index contributed by atoms with van der Waals surface area (Å²) in [6.45, 7) is 0. The van der Waals surface area contributed by atoms with Crippen molar-refractivity contribution < 1.29 is 0 Å². The Morgan fingerprint density at radius 2 is 0.486 bits per heavy atom. The van der Waals surface area contributed by atoms with Crippen molar-refractivity contribution in [1.29, 1.82) is 0 Å². The number of fused-ring (bicyclic) bond motifs is 6. The topological polar surface area (TPSA) is 0 Å². The molecule has 0 bridgehead atoms. The normalized spacial score (nSPS) is 12.0. The maximum atomic E-state index is 2.50. The second kappa shape index (κ2) is 15.2. The molecule has 0 fully saturated rings. The van der Waals surface area contributed by atoms with Crippen LogP contribution in [0, 0.1) is 0 Å². The Balaban J connectivity index is 0.954. The van der Waals surface area contributed by atoms with E-state index in [1.807, 2.05) is 0 Å². The quantitative estimate of drug-likeness (QED) is 0.119. The van der Waals surface area contributed by atoms with Crippen molar-refractivity contribution in [2.75, 3.05) is 0 Å². The van der Waals surface area contributed by atoms with E-state index in [9.17, 15) is 0 Å². The summed E-state index contributed by atoms with van der Waals surface area (Å²) in [6.07, 6.45) is 0. The molecule has 0 aliphatic carbocycles. The Bertz CT molecular complexity index is 4560. The van der Waals surface area contributed by atoms with Crippen LogP contribution in [0.2, 0.25) is 0 Å². The third kappa shape index (κ3) is 5.84. The standard InChI is InChI=1S/C70H42/c1-3-14-50-40-52(32-24-43(50)12-1)67-60-22-9-10-23-61(60)69(53-33-25-44-13-2-4-15-51(44)41-53)64-42-54(36-39-63(64)67)68-58-20-7-5-18-56(58)66(57-19-6-8-21-59(57)68)48-28-26-45(27-29-48)55-37-34-49-31-30-46-16-11-17-47-35-38-62(55)70(49)65(46)47/h1-42H. The van der Waals surface area contributed by atoms with E-state index in [0.29, 0.717) is 0 Å². The summed E-state index contributed by atoms with van der Waals surface area (Å²) in [5.41, 5.74) is 12.4. The molecule has 70 heavy (non-hydrogen) atoms. The molecule has 322 valence electrons. The van der Waals surface area contributed by atoms with Gasteiger partial charge in [-0.15, -0.1) is 0 Å². The fourth-order valence-electron chi connectivity index (χ4n) is 12.2. The lowest BCUT2D eigenvalue weighted by Gasteiger charge is -2.21. The molecule has 0 aromatic heterocycles. The fraction of sp³-hybridized carbons (Fsp3) is 0. The van der Waals surface area contributed by atoms with Gasteiger partial charge < -0.3 is 0 Å². The first-order valence-electron chi connectivity index (χ1n) is 24.4. The second-order valence-corrected chi connectivity index (χ2v) is 19.1. The smallest absolute Gasteiger partial charge is 0.00206 e. The van der Waals surface area contributed by atoms with Gasteiger partial charge in [-0.25, -0.2) is 0 Å². The summed E-state index contributed by atoms with van der Waals surface area (Å²) in [4.78, 5) is 0. The van der Waals surface area contributed by atoms with E-state index in [1.165, 1.54) is 153 Å². The third-order valence-corrected chi connectivity index (χ3v) is 15.3. The Kier molecular flexibility index (Phi) is 8.46. The molecule has 15 aromatic carbocycles. The first-order chi connectivity index (χ1) is 34.7. The van der Waals surface area contributed by atoms with Crippen molar-refractivity contribution in [1.82, 2.24) is 0 Å². The summed E-state index contributed by atoms with van der Waals surface area (Å²) in [5, 5.41) is 22.8. The highest BCUT2D eigenvalue weighted by molar-refractivity contribution is 6.27. The van der Waals surface area contributed by atoms with Gasteiger partial charge in [0.25, 0.3) is 0 Å². The molecule has 0 atom stereocenters. The van der Waals surface area contributed by atoms with Crippen LogP contribution >= 0.6 is 0 Å². The minimum Gasteiger partial charge on any atom is -0.0616 e. The Morgan fingerprint density at radius 3 is 1.03 bits per heavy atom. The maximum Gasteiger partial charge on any atom is -0.00206 e. The first kappa shape index (κ1) is 38.9. The van der Waals surface area contributed by atoms with Crippen molar-refractivity contribution in [3.8, 4) is 55.6 Å². The second-order valence-electron chi connectivity index (χ2n) is 19.1. The van der Waals surface area contributed by atoms with Gasteiger partial charge in [-0.1, -0.05) is 237 Å². The van der Waals surface area contributed by atoms with Crippen LogP contribution in [0.3, 0.4) is 0 Å². The zero-order valence-corrected chi connectivity index (χ0v) is 38.2. The first-order valence-corrected chi connectivity index (χ1v) is 24.4. The molecule has 0 amide bonds. The summed E-state index contributed by atoms with van der Waals surface area (Å²) in [5.74, 6) is 0. The van der Waals surface area contributed by atoms with Crippen molar-refractivity contribution in [3.63, 3.8) is 0 Å². The highest BCUT2D eigenvalue weighted by Crippen LogP contribution is 2.49. The van der Waals surface area contributed by atoms with Gasteiger partial charge in [0, 0.05) is 0 Å². The largest absolute Gasteiger partial charge is 0.0616 e. The predicted molar refractivity (Wildman–Crippen MR) is 302 cm³/mol. The molecule has 0 radical (unpaired) electrons. The molecule has 0 N–H and O–H groups in total. The van der Waals surface area contributed by atoms with Gasteiger partial charge in [-0.2, -0.15) is 0 Å². The number of rotatable bonds is 5. The van der Waals surface area contributed by atoms with E-state index in [1.54, 1.807) is 0 Å². The van der Waals surface area contributed by atoms with Crippen LogP contribution in [0.25, 0.3) is 153 Å². The Labute approximate surface area is 405 Å². The van der Waals surface area contributed by atoms with Crippen LogP contribution in [0.15, 0.2) is 255 Å². The van der Waals surface area contributed by atoms with Crippen LogP contribution in [0.1, 0.15) is 0 Å². The minimum atomic E-state index is 1.21. The monoisotopic (exact) mass is 882 g/mol. The number of benzene rings is 15. The molecule has 0 spiro atoms. The van der Waals surface area contributed by atoms with Gasteiger partial charge in [-0.05, 0) is 171 Å². The molecule has 0 aliphatic rings. The molecular weight excluding hydrogens is 841 g/mol. The lowest BCUT2D eigenvalue weighted by molar-refractivity contribution is 1.64. The molecule has 0 saturated carbocycles. The maximum absolute atomic E-state index is 2.50. The molecule has 0 heteroatoms. The average Bonchev–Trinajstić information content (AvgIpc) is 3.43. The summed E-state index contributed by atoms with van der Waals surface area (Å²) in [7, 11) is 0. The van der Waals surface area contributed by atoms with Crippen LogP contribution in [0.5, 0.6) is 0 Å².